The molecule has 0 saturated heterocycles. The van der Waals surface area contributed by atoms with Crippen LogP contribution in [-0.4, -0.2) is 9.13 Å². The maximum atomic E-state index is 11.4. The van der Waals surface area contributed by atoms with E-state index in [4.69, 9.17) is 6.42 Å². The fourth-order valence-corrected chi connectivity index (χ4v) is 1.12. The van der Waals surface area contributed by atoms with Gasteiger partial charge in [-0.05, 0) is 6.92 Å². The minimum Gasteiger partial charge on any atom is -0.303 e. The first kappa shape index (κ1) is 9.33. The minimum absolute atomic E-state index is 0.0210. The van der Waals surface area contributed by atoms with Crippen molar-refractivity contribution in [1.29, 1.82) is 0 Å². The van der Waals surface area contributed by atoms with Crippen molar-refractivity contribution in [3.8, 4) is 12.3 Å². The monoisotopic (exact) mass is 178 g/mol. The number of nitrogens with zero attached hydrogens (tertiary/aromatic N) is 2. The fraction of sp³-hybridized carbons (Fsp3) is 0.333. The van der Waals surface area contributed by atoms with Gasteiger partial charge in [-0.15, -0.1) is 6.42 Å². The molecule has 0 amide bonds. The van der Waals surface area contributed by atoms with Crippen molar-refractivity contribution >= 4 is 0 Å². The third-order valence-corrected chi connectivity index (χ3v) is 1.75. The molecule has 4 nitrogen and oxygen atoms in total. The zero-order valence-corrected chi connectivity index (χ0v) is 7.57. The molecule has 0 aliphatic heterocycles. The molecule has 0 radical (unpaired) electrons. The van der Waals surface area contributed by atoms with E-state index in [9.17, 15) is 9.59 Å². The number of terminal acetylenes is 1. The van der Waals surface area contributed by atoms with Gasteiger partial charge in [0.05, 0.1) is 6.54 Å². The van der Waals surface area contributed by atoms with Crippen molar-refractivity contribution in [1.82, 2.24) is 9.13 Å². The molecule has 0 spiro atoms. The van der Waals surface area contributed by atoms with E-state index in [1.54, 1.807) is 14.0 Å². The number of aromatic nitrogens is 2. The highest BCUT2D eigenvalue weighted by atomic mass is 16.2. The van der Waals surface area contributed by atoms with Gasteiger partial charge in [0.1, 0.15) is 0 Å². The molecular formula is C9H10N2O2. The van der Waals surface area contributed by atoms with Crippen molar-refractivity contribution in [3.05, 3.63) is 32.6 Å². The van der Waals surface area contributed by atoms with E-state index in [0.717, 1.165) is 4.57 Å². The molecule has 0 N–H and O–H groups in total. The molecule has 68 valence electrons. The standard InChI is InChI=1S/C9H10N2O2/c1-4-5-11-8(12)7(2)6-10(3)9(11)13/h1,6H,5H2,2-3H3. The maximum Gasteiger partial charge on any atom is 0.331 e. The number of hydrogen-bond acceptors (Lipinski definition) is 2. The van der Waals surface area contributed by atoms with Crippen LogP contribution in [0.15, 0.2) is 15.8 Å². The summed E-state index contributed by atoms with van der Waals surface area (Å²) in [6.45, 7) is 1.67. The maximum absolute atomic E-state index is 11.4. The summed E-state index contributed by atoms with van der Waals surface area (Å²) in [6.07, 6.45) is 6.54. The Kier molecular flexibility index (Phi) is 2.38. The third kappa shape index (κ3) is 1.54. The molecular weight excluding hydrogens is 168 g/mol. The second-order valence-corrected chi connectivity index (χ2v) is 2.80. The lowest BCUT2D eigenvalue weighted by Crippen LogP contribution is -2.39. The molecule has 0 unspecified atom stereocenters. The Morgan fingerprint density at radius 3 is 2.69 bits per heavy atom. The van der Waals surface area contributed by atoms with Crippen LogP contribution in [0.4, 0.5) is 0 Å². The number of aryl methyl sites for hydroxylation is 2. The quantitative estimate of drug-likeness (QED) is 0.543. The molecule has 0 aliphatic carbocycles. The predicted octanol–water partition coefficient (Wildman–Crippen LogP) is -0.511. The number of rotatable bonds is 1. The van der Waals surface area contributed by atoms with Gasteiger partial charge in [0.2, 0.25) is 0 Å². The Bertz CT molecular complexity index is 440. The minimum atomic E-state index is -0.381. The molecule has 4 heteroatoms. The van der Waals surface area contributed by atoms with E-state index in [1.165, 1.54) is 10.8 Å². The van der Waals surface area contributed by atoms with Crippen LogP contribution < -0.4 is 11.2 Å². The fourth-order valence-electron chi connectivity index (χ4n) is 1.12. The van der Waals surface area contributed by atoms with E-state index in [0.29, 0.717) is 5.56 Å². The van der Waals surface area contributed by atoms with Crippen molar-refractivity contribution in [2.45, 2.75) is 13.5 Å². The van der Waals surface area contributed by atoms with Gasteiger partial charge in [0, 0.05) is 18.8 Å². The highest BCUT2D eigenvalue weighted by Crippen LogP contribution is 1.82. The normalized spacial score (nSPS) is 9.62. The summed E-state index contributed by atoms with van der Waals surface area (Å²) in [7, 11) is 1.59. The van der Waals surface area contributed by atoms with Crippen molar-refractivity contribution < 1.29 is 0 Å². The highest BCUT2D eigenvalue weighted by Gasteiger charge is 2.04. The first-order valence-electron chi connectivity index (χ1n) is 3.78. The summed E-state index contributed by atoms with van der Waals surface area (Å²) in [4.78, 5) is 22.7. The summed E-state index contributed by atoms with van der Waals surface area (Å²) in [5.74, 6) is 2.27. The summed E-state index contributed by atoms with van der Waals surface area (Å²) in [6, 6.07) is 0. The Balaban J connectivity index is 3.59. The molecule has 13 heavy (non-hydrogen) atoms. The van der Waals surface area contributed by atoms with Crippen molar-refractivity contribution in [2.75, 3.05) is 0 Å². The van der Waals surface area contributed by atoms with Crippen LogP contribution in [0.2, 0.25) is 0 Å². The lowest BCUT2D eigenvalue weighted by atomic mass is 10.4. The molecule has 0 atom stereocenters. The molecule has 0 saturated carbocycles. The molecule has 0 fully saturated rings. The van der Waals surface area contributed by atoms with E-state index >= 15 is 0 Å². The zero-order valence-electron chi connectivity index (χ0n) is 7.57. The van der Waals surface area contributed by atoms with E-state index in [2.05, 4.69) is 5.92 Å². The topological polar surface area (TPSA) is 44.0 Å². The Labute approximate surface area is 75.4 Å². The van der Waals surface area contributed by atoms with Crippen LogP contribution in [0.1, 0.15) is 5.56 Å². The molecule has 0 bridgehead atoms. The lowest BCUT2D eigenvalue weighted by molar-refractivity contribution is 0.649. The Hall–Kier alpha value is -1.76. The molecule has 1 aromatic heterocycles. The summed E-state index contributed by atoms with van der Waals surface area (Å²) in [5.41, 5.74) is -0.188. The third-order valence-electron chi connectivity index (χ3n) is 1.75. The van der Waals surface area contributed by atoms with Crippen LogP contribution in [0.5, 0.6) is 0 Å². The van der Waals surface area contributed by atoms with Crippen LogP contribution in [0.3, 0.4) is 0 Å². The smallest absolute Gasteiger partial charge is 0.303 e. The Morgan fingerprint density at radius 1 is 1.54 bits per heavy atom. The lowest BCUT2D eigenvalue weighted by Gasteiger charge is -2.04. The van der Waals surface area contributed by atoms with Gasteiger partial charge in [-0.2, -0.15) is 0 Å². The highest BCUT2D eigenvalue weighted by molar-refractivity contribution is 5.03. The average molecular weight is 178 g/mol. The average Bonchev–Trinajstić information content (AvgIpc) is 2.09. The molecule has 1 rings (SSSR count). The van der Waals surface area contributed by atoms with E-state index in [-0.39, 0.29) is 17.8 Å². The number of hydrogen-bond donors (Lipinski definition) is 0. The largest absolute Gasteiger partial charge is 0.331 e. The van der Waals surface area contributed by atoms with Gasteiger partial charge < -0.3 is 4.57 Å². The first-order chi connectivity index (χ1) is 6.07. The van der Waals surface area contributed by atoms with Gasteiger partial charge in [0.15, 0.2) is 0 Å². The van der Waals surface area contributed by atoms with Gasteiger partial charge in [-0.1, -0.05) is 5.92 Å². The van der Waals surface area contributed by atoms with Gasteiger partial charge in [0.25, 0.3) is 5.56 Å². The van der Waals surface area contributed by atoms with Crippen LogP contribution >= 0.6 is 0 Å². The molecule has 0 aliphatic rings. The Morgan fingerprint density at radius 2 is 2.15 bits per heavy atom. The molecule has 0 aromatic carbocycles. The first-order valence-corrected chi connectivity index (χ1v) is 3.78. The molecule has 1 heterocycles. The SMILES string of the molecule is C#CCn1c(=O)c(C)cn(C)c1=O. The van der Waals surface area contributed by atoms with Crippen LogP contribution in [0.25, 0.3) is 0 Å². The van der Waals surface area contributed by atoms with Crippen LogP contribution in [0, 0.1) is 19.3 Å². The summed E-state index contributed by atoms with van der Waals surface area (Å²) in [5, 5.41) is 0. The van der Waals surface area contributed by atoms with E-state index in [1.807, 2.05) is 0 Å². The predicted molar refractivity (Wildman–Crippen MR) is 49.5 cm³/mol. The van der Waals surface area contributed by atoms with Gasteiger partial charge in [-0.3, -0.25) is 4.79 Å². The molecule has 1 aromatic rings. The van der Waals surface area contributed by atoms with Gasteiger partial charge >= 0.3 is 5.69 Å². The summed E-state index contributed by atoms with van der Waals surface area (Å²) < 4.78 is 2.38. The van der Waals surface area contributed by atoms with Crippen LogP contribution in [-0.2, 0) is 13.6 Å². The zero-order chi connectivity index (χ0) is 10.0. The van der Waals surface area contributed by atoms with Crippen molar-refractivity contribution in [2.24, 2.45) is 7.05 Å². The second-order valence-electron chi connectivity index (χ2n) is 2.80. The van der Waals surface area contributed by atoms with E-state index < -0.39 is 0 Å². The second kappa shape index (κ2) is 3.31. The van der Waals surface area contributed by atoms with Crippen molar-refractivity contribution in [3.63, 3.8) is 0 Å². The summed E-state index contributed by atoms with van der Waals surface area (Å²) >= 11 is 0. The van der Waals surface area contributed by atoms with Gasteiger partial charge in [-0.25, -0.2) is 9.36 Å².